The summed E-state index contributed by atoms with van der Waals surface area (Å²) in [5.41, 5.74) is 4.15. The number of nitrogens with zero attached hydrogens (tertiary/aromatic N) is 1. The van der Waals surface area contributed by atoms with Crippen molar-refractivity contribution in [3.05, 3.63) is 86.9 Å². The van der Waals surface area contributed by atoms with E-state index in [2.05, 4.69) is 15.8 Å². The van der Waals surface area contributed by atoms with Gasteiger partial charge in [-0.15, -0.1) is 0 Å². The van der Waals surface area contributed by atoms with Crippen molar-refractivity contribution in [3.63, 3.8) is 0 Å². The first-order valence-corrected chi connectivity index (χ1v) is 11.7. The van der Waals surface area contributed by atoms with E-state index >= 15 is 0 Å². The summed E-state index contributed by atoms with van der Waals surface area (Å²) in [6, 6.07) is 17.5. The number of amides is 2. The lowest BCUT2D eigenvalue weighted by Gasteiger charge is -2.13. The third kappa shape index (κ3) is 7.89. The van der Waals surface area contributed by atoms with Gasteiger partial charge in [0.1, 0.15) is 13.0 Å². The van der Waals surface area contributed by atoms with Crippen LogP contribution >= 0.6 is 34.8 Å². The second kappa shape index (κ2) is 13.0. The number of benzene rings is 3. The molecule has 3 aromatic carbocycles. The second-order valence-electron chi connectivity index (χ2n) is 7.14. The van der Waals surface area contributed by atoms with Gasteiger partial charge in [0.05, 0.1) is 28.6 Å². The molecule has 2 N–H and O–H groups in total. The van der Waals surface area contributed by atoms with Gasteiger partial charge in [0, 0.05) is 10.6 Å². The van der Waals surface area contributed by atoms with Gasteiger partial charge < -0.3 is 14.8 Å². The van der Waals surface area contributed by atoms with E-state index in [0.29, 0.717) is 39.4 Å². The van der Waals surface area contributed by atoms with Crippen LogP contribution in [-0.2, 0) is 16.2 Å². The number of hydrogen-bond acceptors (Lipinski definition) is 5. The quantitative estimate of drug-likeness (QED) is 0.187. The smallest absolute Gasteiger partial charge is 0.249 e. The molecule has 3 rings (SSSR count). The van der Waals surface area contributed by atoms with Crippen molar-refractivity contribution in [3.8, 4) is 11.5 Å². The van der Waals surface area contributed by atoms with Gasteiger partial charge in [-0.25, -0.2) is 5.43 Å². The van der Waals surface area contributed by atoms with Gasteiger partial charge in [-0.3, -0.25) is 9.59 Å². The SMILES string of the molecule is CCOc1cc(C=NNC(=O)CC(=O)Nc2cccc(Cl)c2Cl)ccc1OCc1ccccc1Cl. The van der Waals surface area contributed by atoms with E-state index in [9.17, 15) is 9.59 Å². The topological polar surface area (TPSA) is 89.0 Å². The molecule has 0 saturated carbocycles. The van der Waals surface area contributed by atoms with Crippen molar-refractivity contribution in [2.24, 2.45) is 5.10 Å². The van der Waals surface area contributed by atoms with Crippen LogP contribution in [-0.4, -0.2) is 24.6 Å². The molecular formula is C25H22Cl3N3O4. The standard InChI is InChI=1S/C25H22Cl3N3O4/c1-2-34-22-12-16(10-11-21(22)35-15-17-6-3-4-7-18(17)26)14-29-31-24(33)13-23(32)30-20-9-5-8-19(27)25(20)28/h3-12,14H,2,13,15H2,1H3,(H,30,32)(H,31,33). The van der Waals surface area contributed by atoms with Crippen molar-refractivity contribution in [1.29, 1.82) is 0 Å². The molecule has 0 aliphatic rings. The molecule has 0 saturated heterocycles. The van der Waals surface area contributed by atoms with Gasteiger partial charge >= 0.3 is 0 Å². The van der Waals surface area contributed by atoms with E-state index in [-0.39, 0.29) is 11.6 Å². The predicted molar refractivity (Wildman–Crippen MR) is 139 cm³/mol. The minimum absolute atomic E-state index is 0.199. The lowest BCUT2D eigenvalue weighted by Crippen LogP contribution is -2.24. The number of nitrogens with one attached hydrogen (secondary N) is 2. The van der Waals surface area contributed by atoms with E-state index in [0.717, 1.165) is 5.56 Å². The monoisotopic (exact) mass is 533 g/mol. The van der Waals surface area contributed by atoms with Gasteiger partial charge in [-0.2, -0.15) is 5.10 Å². The van der Waals surface area contributed by atoms with Crippen LogP contribution in [0.25, 0.3) is 0 Å². The minimum Gasteiger partial charge on any atom is -0.490 e. The molecule has 182 valence electrons. The average molecular weight is 535 g/mol. The largest absolute Gasteiger partial charge is 0.490 e. The van der Waals surface area contributed by atoms with Crippen molar-refractivity contribution >= 4 is 58.5 Å². The van der Waals surface area contributed by atoms with Crippen LogP contribution in [0.3, 0.4) is 0 Å². The van der Waals surface area contributed by atoms with Gasteiger partial charge in [-0.05, 0) is 48.9 Å². The molecule has 0 bridgehead atoms. The van der Waals surface area contributed by atoms with Crippen LogP contribution in [0.2, 0.25) is 15.1 Å². The summed E-state index contributed by atoms with van der Waals surface area (Å²) in [6.07, 6.45) is 0.989. The average Bonchev–Trinajstić information content (AvgIpc) is 2.82. The number of hydrogen-bond donors (Lipinski definition) is 2. The van der Waals surface area contributed by atoms with E-state index in [1.165, 1.54) is 6.21 Å². The van der Waals surface area contributed by atoms with E-state index < -0.39 is 18.2 Å². The number of halogens is 3. The summed E-state index contributed by atoms with van der Waals surface area (Å²) in [4.78, 5) is 24.2. The first-order valence-electron chi connectivity index (χ1n) is 10.6. The number of anilines is 1. The Kier molecular flexibility index (Phi) is 9.78. The summed E-state index contributed by atoms with van der Waals surface area (Å²) in [5.74, 6) is -0.0842. The van der Waals surface area contributed by atoms with Crippen LogP contribution < -0.4 is 20.2 Å². The third-order valence-corrected chi connectivity index (χ3v) is 5.75. The normalized spacial score (nSPS) is 10.7. The first-order chi connectivity index (χ1) is 16.9. The maximum absolute atomic E-state index is 12.1. The zero-order valence-electron chi connectivity index (χ0n) is 18.7. The van der Waals surface area contributed by atoms with Crippen LogP contribution in [0.15, 0.2) is 65.8 Å². The first kappa shape index (κ1) is 26.3. The van der Waals surface area contributed by atoms with Gasteiger partial charge in [-0.1, -0.05) is 59.1 Å². The Bertz CT molecular complexity index is 1230. The van der Waals surface area contributed by atoms with Crippen molar-refractivity contribution in [2.75, 3.05) is 11.9 Å². The highest BCUT2D eigenvalue weighted by Crippen LogP contribution is 2.30. The molecule has 10 heteroatoms. The number of carbonyl (C=O) groups excluding carboxylic acids is 2. The van der Waals surface area contributed by atoms with E-state index in [1.807, 2.05) is 25.1 Å². The Morgan fingerprint density at radius 3 is 2.46 bits per heavy atom. The molecule has 35 heavy (non-hydrogen) atoms. The highest BCUT2D eigenvalue weighted by molar-refractivity contribution is 6.44. The molecule has 3 aromatic rings. The molecule has 2 amide bonds. The molecule has 0 aliphatic carbocycles. The predicted octanol–water partition coefficient (Wildman–Crippen LogP) is 6.10. The Hall–Kier alpha value is -3.26. The molecule has 7 nitrogen and oxygen atoms in total. The molecule has 0 aromatic heterocycles. The van der Waals surface area contributed by atoms with Crippen LogP contribution in [0.4, 0.5) is 5.69 Å². The molecule has 0 atom stereocenters. The van der Waals surface area contributed by atoms with Crippen LogP contribution in [0.1, 0.15) is 24.5 Å². The van der Waals surface area contributed by atoms with Gasteiger partial charge in [0.25, 0.3) is 0 Å². The highest BCUT2D eigenvalue weighted by atomic mass is 35.5. The molecule has 0 fully saturated rings. The molecule has 0 spiro atoms. The second-order valence-corrected chi connectivity index (χ2v) is 8.33. The molecule has 0 heterocycles. The summed E-state index contributed by atoms with van der Waals surface area (Å²) < 4.78 is 11.5. The lowest BCUT2D eigenvalue weighted by atomic mass is 10.2. The van der Waals surface area contributed by atoms with Crippen LogP contribution in [0, 0.1) is 0 Å². The number of hydrazone groups is 1. The Balaban J connectivity index is 1.56. The molecular weight excluding hydrogens is 513 g/mol. The van der Waals surface area contributed by atoms with Crippen molar-refractivity contribution in [1.82, 2.24) is 5.43 Å². The summed E-state index contributed by atoms with van der Waals surface area (Å²) in [5, 5.41) is 7.56. The fraction of sp³-hybridized carbons (Fsp3) is 0.160. The Labute approximate surface area is 218 Å². The molecule has 0 aliphatic heterocycles. The van der Waals surface area contributed by atoms with Gasteiger partial charge in [0.2, 0.25) is 11.8 Å². The summed E-state index contributed by atoms with van der Waals surface area (Å²) in [7, 11) is 0. The molecule has 0 radical (unpaired) electrons. The number of carbonyl (C=O) groups is 2. The zero-order valence-corrected chi connectivity index (χ0v) is 21.0. The lowest BCUT2D eigenvalue weighted by molar-refractivity contribution is -0.126. The maximum atomic E-state index is 12.1. The van der Waals surface area contributed by atoms with E-state index in [1.54, 1.807) is 42.5 Å². The zero-order chi connectivity index (χ0) is 25.2. The number of ether oxygens (including phenoxy) is 2. The minimum atomic E-state index is -0.596. The summed E-state index contributed by atoms with van der Waals surface area (Å²) in [6.45, 7) is 2.58. The number of rotatable bonds is 10. The van der Waals surface area contributed by atoms with Crippen LogP contribution in [0.5, 0.6) is 11.5 Å². The maximum Gasteiger partial charge on any atom is 0.249 e. The third-order valence-electron chi connectivity index (χ3n) is 4.56. The summed E-state index contributed by atoms with van der Waals surface area (Å²) >= 11 is 18.1. The van der Waals surface area contributed by atoms with Crippen molar-refractivity contribution < 1.29 is 19.1 Å². The van der Waals surface area contributed by atoms with E-state index in [4.69, 9.17) is 44.3 Å². The fourth-order valence-corrected chi connectivity index (χ4v) is 3.46. The van der Waals surface area contributed by atoms with Crippen molar-refractivity contribution in [2.45, 2.75) is 20.0 Å². The Morgan fingerprint density at radius 1 is 0.914 bits per heavy atom. The Morgan fingerprint density at radius 2 is 1.69 bits per heavy atom. The molecule has 0 unspecified atom stereocenters. The van der Waals surface area contributed by atoms with Gasteiger partial charge in [0.15, 0.2) is 11.5 Å². The highest BCUT2D eigenvalue weighted by Gasteiger charge is 2.12. The fourth-order valence-electron chi connectivity index (χ4n) is 2.92.